The number of ether oxygens (including phenoxy) is 1. The zero-order chi connectivity index (χ0) is 18.5. The topological polar surface area (TPSA) is 89.3 Å². The van der Waals surface area contributed by atoms with E-state index in [1.54, 1.807) is 11.3 Å². The molecule has 3 heterocycles. The Kier molecular flexibility index (Phi) is 8.42. The molecule has 2 N–H and O–H groups in total. The Labute approximate surface area is 181 Å². The summed E-state index contributed by atoms with van der Waals surface area (Å²) >= 11 is 1.71. The van der Waals surface area contributed by atoms with Gasteiger partial charge < -0.3 is 19.9 Å². The number of aromatic nitrogens is 4. The van der Waals surface area contributed by atoms with E-state index in [1.165, 1.54) is 4.88 Å². The Bertz CT molecular complexity index is 767. The maximum absolute atomic E-state index is 5.69. The van der Waals surface area contributed by atoms with Crippen molar-refractivity contribution in [2.24, 2.45) is 12.0 Å². The third kappa shape index (κ3) is 6.11. The van der Waals surface area contributed by atoms with Gasteiger partial charge in [0.2, 0.25) is 0 Å². The van der Waals surface area contributed by atoms with E-state index in [0.717, 1.165) is 54.3 Å². The molecule has 3 rings (SSSR count). The minimum Gasteiger partial charge on any atom is -0.376 e. The molecule has 1 aliphatic heterocycles. The molecule has 0 aromatic carbocycles. The van der Waals surface area contributed by atoms with Crippen molar-refractivity contribution in [3.8, 4) is 0 Å². The molecule has 8 nitrogen and oxygen atoms in total. The molecule has 0 aliphatic carbocycles. The van der Waals surface area contributed by atoms with Crippen LogP contribution in [-0.4, -0.2) is 45.0 Å². The highest BCUT2D eigenvalue weighted by Gasteiger charge is 2.16. The summed E-state index contributed by atoms with van der Waals surface area (Å²) in [7, 11) is 1.95. The lowest BCUT2D eigenvalue weighted by Gasteiger charge is -2.15. The van der Waals surface area contributed by atoms with E-state index in [1.807, 2.05) is 32.4 Å². The van der Waals surface area contributed by atoms with E-state index < -0.39 is 0 Å². The van der Waals surface area contributed by atoms with E-state index in [9.17, 15) is 0 Å². The molecule has 1 unspecified atom stereocenters. The van der Waals surface area contributed by atoms with Gasteiger partial charge >= 0.3 is 0 Å². The monoisotopic (exact) mass is 505 g/mol. The van der Waals surface area contributed by atoms with E-state index in [2.05, 4.69) is 30.8 Å². The van der Waals surface area contributed by atoms with Crippen molar-refractivity contribution in [3.63, 3.8) is 0 Å². The number of guanidine groups is 1. The number of nitrogens with one attached hydrogen (secondary N) is 2. The molecule has 0 bridgehead atoms. The van der Waals surface area contributed by atoms with Crippen LogP contribution >= 0.6 is 35.3 Å². The lowest BCUT2D eigenvalue weighted by atomic mass is 10.2. The Morgan fingerprint density at radius 1 is 1.30 bits per heavy atom. The molecule has 1 saturated heterocycles. The van der Waals surface area contributed by atoms with Crippen LogP contribution < -0.4 is 10.6 Å². The van der Waals surface area contributed by atoms with Crippen molar-refractivity contribution in [2.75, 3.05) is 13.2 Å². The normalized spacial score (nSPS) is 17.0. The molecule has 27 heavy (non-hydrogen) atoms. The number of thiazole rings is 1. The lowest BCUT2D eigenvalue weighted by molar-refractivity contribution is 0.114. The summed E-state index contributed by atoms with van der Waals surface area (Å²) in [6, 6.07) is 0. The van der Waals surface area contributed by atoms with Crippen LogP contribution in [0.3, 0.4) is 0 Å². The zero-order valence-corrected chi connectivity index (χ0v) is 19.4. The summed E-state index contributed by atoms with van der Waals surface area (Å²) < 4.78 is 7.65. The van der Waals surface area contributed by atoms with E-state index in [0.29, 0.717) is 13.1 Å². The fourth-order valence-corrected chi connectivity index (χ4v) is 3.71. The molecule has 1 aliphatic rings. The van der Waals surface area contributed by atoms with Gasteiger partial charge in [-0.25, -0.2) is 9.98 Å². The first-order valence-corrected chi connectivity index (χ1v) is 9.76. The molecular weight excluding hydrogens is 477 g/mol. The van der Waals surface area contributed by atoms with Crippen molar-refractivity contribution in [1.29, 1.82) is 0 Å². The average Bonchev–Trinajstić information content (AvgIpc) is 3.31. The van der Waals surface area contributed by atoms with Gasteiger partial charge in [0.1, 0.15) is 12.4 Å². The summed E-state index contributed by atoms with van der Waals surface area (Å²) in [5.74, 6) is 2.48. The van der Waals surface area contributed by atoms with Crippen LogP contribution in [0.4, 0.5) is 0 Å². The summed E-state index contributed by atoms with van der Waals surface area (Å²) in [6.45, 7) is 8.78. The minimum absolute atomic E-state index is 0. The van der Waals surface area contributed by atoms with Gasteiger partial charge in [0.15, 0.2) is 11.8 Å². The standard InChI is InChI=1S/C17H27N7OS.HI/c1-11-15(26-13(3)21-11)9-19-17(18-8-14-6-5-7-25-14)20-10-16-23-22-12(2)24(16)4;/h14H,5-10H2,1-4H3,(H2,18,19,20);1H. The average molecular weight is 505 g/mol. The fourth-order valence-electron chi connectivity index (χ4n) is 2.83. The number of nitrogens with zero attached hydrogens (tertiary/aromatic N) is 5. The van der Waals surface area contributed by atoms with Gasteiger partial charge in [-0.2, -0.15) is 0 Å². The van der Waals surface area contributed by atoms with Crippen LogP contribution in [0.1, 0.15) is 40.1 Å². The molecule has 10 heteroatoms. The molecule has 1 fully saturated rings. The van der Waals surface area contributed by atoms with Gasteiger partial charge in [0.05, 0.1) is 23.4 Å². The van der Waals surface area contributed by atoms with Gasteiger partial charge in [-0.15, -0.1) is 45.5 Å². The molecule has 2 aromatic rings. The van der Waals surface area contributed by atoms with Crippen LogP contribution in [0.2, 0.25) is 0 Å². The zero-order valence-electron chi connectivity index (χ0n) is 16.3. The van der Waals surface area contributed by atoms with Gasteiger partial charge in [-0.05, 0) is 33.6 Å². The highest BCUT2D eigenvalue weighted by Crippen LogP contribution is 2.16. The van der Waals surface area contributed by atoms with Crippen LogP contribution in [0.15, 0.2) is 4.99 Å². The van der Waals surface area contributed by atoms with Crippen molar-refractivity contribution in [1.82, 2.24) is 30.4 Å². The molecule has 150 valence electrons. The number of aryl methyl sites for hydroxylation is 3. The first-order valence-electron chi connectivity index (χ1n) is 8.94. The Hall–Kier alpha value is -1.27. The van der Waals surface area contributed by atoms with Crippen molar-refractivity contribution in [2.45, 2.75) is 52.8 Å². The van der Waals surface area contributed by atoms with Gasteiger partial charge in [0, 0.05) is 25.1 Å². The van der Waals surface area contributed by atoms with Gasteiger partial charge in [0.25, 0.3) is 0 Å². The van der Waals surface area contributed by atoms with Crippen LogP contribution in [0, 0.1) is 20.8 Å². The second kappa shape index (κ2) is 10.3. The predicted octanol–water partition coefficient (Wildman–Crippen LogP) is 2.23. The number of hydrogen-bond acceptors (Lipinski definition) is 6. The lowest BCUT2D eigenvalue weighted by Crippen LogP contribution is -2.40. The van der Waals surface area contributed by atoms with Crippen molar-refractivity contribution < 1.29 is 4.74 Å². The smallest absolute Gasteiger partial charge is 0.192 e. The molecule has 0 radical (unpaired) electrons. The van der Waals surface area contributed by atoms with E-state index in [4.69, 9.17) is 4.74 Å². The maximum Gasteiger partial charge on any atom is 0.192 e. The predicted molar refractivity (Wildman–Crippen MR) is 118 cm³/mol. The summed E-state index contributed by atoms with van der Waals surface area (Å²) in [5, 5.41) is 16.2. The molecule has 2 aromatic heterocycles. The molecule has 1 atom stereocenters. The number of rotatable bonds is 6. The Morgan fingerprint density at radius 3 is 2.70 bits per heavy atom. The second-order valence-electron chi connectivity index (χ2n) is 6.50. The largest absolute Gasteiger partial charge is 0.376 e. The van der Waals surface area contributed by atoms with Crippen LogP contribution in [-0.2, 0) is 24.9 Å². The highest BCUT2D eigenvalue weighted by atomic mass is 127. The van der Waals surface area contributed by atoms with Crippen molar-refractivity contribution in [3.05, 3.63) is 27.2 Å². The SMILES string of the molecule is Cc1nc(C)c(CNC(=NCc2nnc(C)n2C)NCC2CCCO2)s1.I. The molecule has 0 spiro atoms. The highest BCUT2D eigenvalue weighted by molar-refractivity contribution is 14.0. The first-order chi connectivity index (χ1) is 12.5. The summed E-state index contributed by atoms with van der Waals surface area (Å²) in [4.78, 5) is 10.4. The maximum atomic E-state index is 5.69. The number of halogens is 1. The van der Waals surface area contributed by atoms with E-state index in [-0.39, 0.29) is 30.1 Å². The summed E-state index contributed by atoms with van der Waals surface area (Å²) in [5.41, 5.74) is 1.07. The molecule has 0 amide bonds. The minimum atomic E-state index is 0. The molecular formula is C17H28IN7OS. The van der Waals surface area contributed by atoms with Gasteiger partial charge in [-0.1, -0.05) is 0 Å². The third-order valence-electron chi connectivity index (χ3n) is 4.50. The van der Waals surface area contributed by atoms with E-state index >= 15 is 0 Å². The van der Waals surface area contributed by atoms with Crippen LogP contribution in [0.25, 0.3) is 0 Å². The quantitative estimate of drug-likeness (QED) is 0.356. The summed E-state index contributed by atoms with van der Waals surface area (Å²) in [6.07, 6.45) is 2.48. The molecule has 0 saturated carbocycles. The fraction of sp³-hybridized carbons (Fsp3) is 0.647. The Balaban J connectivity index is 0.00000261. The number of hydrogen-bond donors (Lipinski definition) is 2. The second-order valence-corrected chi connectivity index (χ2v) is 7.79. The Morgan fingerprint density at radius 2 is 2.11 bits per heavy atom. The van der Waals surface area contributed by atoms with Crippen molar-refractivity contribution >= 4 is 41.3 Å². The van der Waals surface area contributed by atoms with Crippen LogP contribution in [0.5, 0.6) is 0 Å². The van der Waals surface area contributed by atoms with Gasteiger partial charge in [-0.3, -0.25) is 0 Å². The third-order valence-corrected chi connectivity index (χ3v) is 5.57. The number of aliphatic imine (C=N–C) groups is 1. The first kappa shape index (κ1) is 22.0.